The van der Waals surface area contributed by atoms with Gasteiger partial charge in [-0.3, -0.25) is 0 Å². The lowest BCUT2D eigenvalue weighted by molar-refractivity contribution is 0.00666. The Labute approximate surface area is 151 Å². The quantitative estimate of drug-likeness (QED) is 0.785. The van der Waals surface area contributed by atoms with Crippen molar-refractivity contribution < 1.29 is 9.53 Å². The van der Waals surface area contributed by atoms with Crippen LogP contribution in [0.15, 0.2) is 24.3 Å². The van der Waals surface area contributed by atoms with Crippen molar-refractivity contribution in [1.82, 2.24) is 4.90 Å². The Morgan fingerprint density at radius 2 is 1.52 bits per heavy atom. The van der Waals surface area contributed by atoms with Crippen molar-refractivity contribution in [2.24, 2.45) is 5.41 Å². The number of nitrogen functional groups attached to an aromatic ring is 1. The van der Waals surface area contributed by atoms with E-state index in [1.54, 1.807) is 0 Å². The second kappa shape index (κ2) is 6.77. The zero-order valence-corrected chi connectivity index (χ0v) is 15.8. The number of benzene rings is 1. The first kappa shape index (κ1) is 17.9. The number of likely N-dealkylation sites (tertiary alicyclic amines) is 1. The molecule has 2 aliphatic rings. The van der Waals surface area contributed by atoms with Gasteiger partial charge in [0.15, 0.2) is 0 Å². The molecule has 0 radical (unpaired) electrons. The van der Waals surface area contributed by atoms with Crippen LogP contribution in [0.25, 0.3) is 0 Å². The van der Waals surface area contributed by atoms with Crippen molar-refractivity contribution in [3.05, 3.63) is 24.3 Å². The summed E-state index contributed by atoms with van der Waals surface area (Å²) in [6, 6.07) is 8.16. The first-order chi connectivity index (χ1) is 11.8. The molecule has 5 nitrogen and oxygen atoms in total. The van der Waals surface area contributed by atoms with Gasteiger partial charge in [-0.15, -0.1) is 0 Å². The standard InChI is InChI=1S/C20H31N3O2/c1-19(2,3)25-18(24)23-14-10-20(11-15-23)8-12-22(13-9-20)17-6-4-16(21)5-7-17/h4-7H,8-15,21H2,1-3H3. The summed E-state index contributed by atoms with van der Waals surface area (Å²) < 4.78 is 5.51. The molecule has 1 aromatic rings. The molecule has 0 saturated carbocycles. The number of rotatable bonds is 1. The van der Waals surface area contributed by atoms with E-state index in [4.69, 9.17) is 10.5 Å². The van der Waals surface area contributed by atoms with Gasteiger partial charge in [0, 0.05) is 37.6 Å². The molecule has 2 saturated heterocycles. The van der Waals surface area contributed by atoms with Crippen LogP contribution in [-0.4, -0.2) is 42.8 Å². The Morgan fingerprint density at radius 1 is 1.00 bits per heavy atom. The normalized spacial score (nSPS) is 20.6. The lowest BCUT2D eigenvalue weighted by Crippen LogP contribution is -2.49. The molecule has 1 aromatic carbocycles. The van der Waals surface area contributed by atoms with E-state index in [0.717, 1.165) is 44.7 Å². The van der Waals surface area contributed by atoms with Crippen molar-refractivity contribution >= 4 is 17.5 Å². The summed E-state index contributed by atoms with van der Waals surface area (Å²) in [5, 5.41) is 0. The van der Waals surface area contributed by atoms with Crippen LogP contribution in [0.2, 0.25) is 0 Å². The molecule has 0 unspecified atom stereocenters. The topological polar surface area (TPSA) is 58.8 Å². The Bertz CT molecular complexity index is 588. The van der Waals surface area contributed by atoms with Crippen LogP contribution in [0.4, 0.5) is 16.2 Å². The maximum Gasteiger partial charge on any atom is 0.410 e. The monoisotopic (exact) mass is 345 g/mol. The second-order valence-corrected chi connectivity index (χ2v) is 8.55. The van der Waals surface area contributed by atoms with Gasteiger partial charge in [-0.25, -0.2) is 4.79 Å². The van der Waals surface area contributed by atoms with Crippen LogP contribution in [0.3, 0.4) is 0 Å². The zero-order valence-electron chi connectivity index (χ0n) is 15.8. The lowest BCUT2D eigenvalue weighted by Gasteiger charge is -2.47. The van der Waals surface area contributed by atoms with Crippen molar-refractivity contribution in [2.45, 2.75) is 52.1 Å². The fraction of sp³-hybridized carbons (Fsp3) is 0.650. The zero-order chi connectivity index (χ0) is 18.1. The lowest BCUT2D eigenvalue weighted by atomic mass is 9.71. The predicted molar refractivity (Wildman–Crippen MR) is 102 cm³/mol. The molecule has 138 valence electrons. The Kier molecular flexibility index (Phi) is 4.85. The van der Waals surface area contributed by atoms with Crippen molar-refractivity contribution in [3.63, 3.8) is 0 Å². The number of amides is 1. The van der Waals surface area contributed by atoms with E-state index in [0.29, 0.717) is 5.41 Å². The molecule has 0 bridgehead atoms. The number of anilines is 2. The molecular weight excluding hydrogens is 314 g/mol. The molecule has 2 N–H and O–H groups in total. The Balaban J connectivity index is 1.51. The minimum absolute atomic E-state index is 0.165. The minimum atomic E-state index is -0.420. The smallest absolute Gasteiger partial charge is 0.410 e. The molecule has 0 atom stereocenters. The highest BCUT2D eigenvalue weighted by Crippen LogP contribution is 2.42. The highest BCUT2D eigenvalue weighted by molar-refractivity contribution is 5.68. The van der Waals surface area contributed by atoms with Gasteiger partial charge in [-0.1, -0.05) is 0 Å². The third-order valence-corrected chi connectivity index (χ3v) is 5.56. The minimum Gasteiger partial charge on any atom is -0.444 e. The summed E-state index contributed by atoms with van der Waals surface area (Å²) in [6.45, 7) is 9.55. The van der Waals surface area contributed by atoms with Gasteiger partial charge in [0.1, 0.15) is 5.60 Å². The molecular formula is C20H31N3O2. The van der Waals surface area contributed by atoms with Gasteiger partial charge in [0.05, 0.1) is 0 Å². The number of nitrogens with two attached hydrogens (primary N) is 1. The van der Waals surface area contributed by atoms with Crippen LogP contribution in [0.5, 0.6) is 0 Å². The van der Waals surface area contributed by atoms with Crippen LogP contribution >= 0.6 is 0 Å². The van der Waals surface area contributed by atoms with E-state index in [2.05, 4.69) is 17.0 Å². The number of hydrogen-bond acceptors (Lipinski definition) is 4. The summed E-state index contributed by atoms with van der Waals surface area (Å²) in [6.07, 6.45) is 4.39. The molecule has 2 fully saturated rings. The average Bonchev–Trinajstić information content (AvgIpc) is 2.56. The number of ether oxygens (including phenoxy) is 1. The van der Waals surface area contributed by atoms with E-state index in [-0.39, 0.29) is 6.09 Å². The number of piperidine rings is 2. The molecule has 3 rings (SSSR count). The van der Waals surface area contributed by atoms with E-state index in [1.165, 1.54) is 18.5 Å². The van der Waals surface area contributed by atoms with Gasteiger partial charge in [-0.05, 0) is 76.1 Å². The van der Waals surface area contributed by atoms with E-state index >= 15 is 0 Å². The molecule has 1 spiro atoms. The van der Waals surface area contributed by atoms with Gasteiger partial charge in [0.2, 0.25) is 0 Å². The molecule has 5 heteroatoms. The first-order valence-electron chi connectivity index (χ1n) is 9.35. The summed E-state index contributed by atoms with van der Waals surface area (Å²) in [5.41, 5.74) is 7.83. The average molecular weight is 345 g/mol. The SMILES string of the molecule is CC(C)(C)OC(=O)N1CCC2(CC1)CCN(c1ccc(N)cc1)CC2. The molecule has 0 aromatic heterocycles. The maximum absolute atomic E-state index is 12.2. The maximum atomic E-state index is 12.2. The van der Waals surface area contributed by atoms with Gasteiger partial charge >= 0.3 is 6.09 Å². The van der Waals surface area contributed by atoms with Crippen LogP contribution < -0.4 is 10.6 Å². The van der Waals surface area contributed by atoms with Crippen LogP contribution in [0, 0.1) is 5.41 Å². The fourth-order valence-electron chi connectivity index (χ4n) is 3.91. The molecule has 2 aliphatic heterocycles. The number of carbonyl (C=O) groups excluding carboxylic acids is 1. The Morgan fingerprint density at radius 3 is 2.04 bits per heavy atom. The summed E-state index contributed by atoms with van der Waals surface area (Å²) in [5.74, 6) is 0. The van der Waals surface area contributed by atoms with E-state index in [1.807, 2.05) is 37.8 Å². The largest absolute Gasteiger partial charge is 0.444 e. The number of nitrogens with zero attached hydrogens (tertiary/aromatic N) is 2. The molecule has 2 heterocycles. The molecule has 0 aliphatic carbocycles. The second-order valence-electron chi connectivity index (χ2n) is 8.55. The van der Waals surface area contributed by atoms with Crippen LogP contribution in [-0.2, 0) is 4.74 Å². The molecule has 1 amide bonds. The van der Waals surface area contributed by atoms with E-state index < -0.39 is 5.60 Å². The number of carbonyl (C=O) groups is 1. The van der Waals surface area contributed by atoms with E-state index in [9.17, 15) is 4.79 Å². The molecule has 25 heavy (non-hydrogen) atoms. The Hall–Kier alpha value is -1.91. The summed E-state index contributed by atoms with van der Waals surface area (Å²) >= 11 is 0. The number of hydrogen-bond donors (Lipinski definition) is 1. The van der Waals surface area contributed by atoms with Gasteiger partial charge < -0.3 is 20.3 Å². The first-order valence-corrected chi connectivity index (χ1v) is 9.35. The van der Waals surface area contributed by atoms with Gasteiger partial charge in [-0.2, -0.15) is 0 Å². The van der Waals surface area contributed by atoms with Crippen molar-refractivity contribution in [1.29, 1.82) is 0 Å². The highest BCUT2D eigenvalue weighted by atomic mass is 16.6. The predicted octanol–water partition coefficient (Wildman–Crippen LogP) is 3.89. The van der Waals surface area contributed by atoms with Crippen molar-refractivity contribution in [2.75, 3.05) is 36.8 Å². The van der Waals surface area contributed by atoms with Gasteiger partial charge in [0.25, 0.3) is 0 Å². The summed E-state index contributed by atoms with van der Waals surface area (Å²) in [7, 11) is 0. The fourth-order valence-corrected chi connectivity index (χ4v) is 3.91. The third kappa shape index (κ3) is 4.39. The third-order valence-electron chi connectivity index (χ3n) is 5.56. The van der Waals surface area contributed by atoms with Crippen molar-refractivity contribution in [3.8, 4) is 0 Å². The van der Waals surface area contributed by atoms with Crippen LogP contribution in [0.1, 0.15) is 46.5 Å². The summed E-state index contributed by atoms with van der Waals surface area (Å²) in [4.78, 5) is 16.6. The highest BCUT2D eigenvalue weighted by Gasteiger charge is 2.39.